The van der Waals surface area contributed by atoms with Crippen molar-refractivity contribution in [3.8, 4) is 0 Å². The molecule has 0 aromatic rings. The fourth-order valence-corrected chi connectivity index (χ4v) is 2.77. The quantitative estimate of drug-likeness (QED) is 0.672. The van der Waals surface area contributed by atoms with E-state index in [2.05, 4.69) is 5.32 Å². The van der Waals surface area contributed by atoms with Crippen LogP contribution in [0.1, 0.15) is 51.4 Å². The van der Waals surface area contributed by atoms with E-state index in [9.17, 15) is 9.59 Å². The van der Waals surface area contributed by atoms with Crippen LogP contribution in [0.5, 0.6) is 0 Å². The molecule has 2 saturated carbocycles. The zero-order chi connectivity index (χ0) is 15.1. The van der Waals surface area contributed by atoms with Gasteiger partial charge in [0.2, 0.25) is 0 Å². The van der Waals surface area contributed by atoms with E-state index in [1.54, 1.807) is 4.90 Å². The first-order chi connectivity index (χ1) is 10.2. The van der Waals surface area contributed by atoms with E-state index in [-0.39, 0.29) is 25.0 Å². The van der Waals surface area contributed by atoms with E-state index in [1.807, 2.05) is 0 Å². The highest BCUT2D eigenvalue weighted by Gasteiger charge is 2.32. The van der Waals surface area contributed by atoms with Crippen molar-refractivity contribution in [1.82, 2.24) is 10.2 Å². The van der Waals surface area contributed by atoms with Crippen molar-refractivity contribution in [1.29, 1.82) is 0 Å². The normalized spacial score (nSPS) is 19.2. The Bertz CT molecular complexity index is 352. The molecule has 21 heavy (non-hydrogen) atoms. The number of carboxylic acids is 1. The highest BCUT2D eigenvalue weighted by atomic mass is 16.5. The lowest BCUT2D eigenvalue weighted by molar-refractivity contribution is -0.137. The summed E-state index contributed by atoms with van der Waals surface area (Å²) in [4.78, 5) is 24.3. The van der Waals surface area contributed by atoms with Gasteiger partial charge in [-0.15, -0.1) is 0 Å². The van der Waals surface area contributed by atoms with Crippen LogP contribution in [0.4, 0.5) is 4.79 Å². The van der Waals surface area contributed by atoms with E-state index < -0.39 is 5.97 Å². The smallest absolute Gasteiger partial charge is 0.317 e. The Morgan fingerprint density at radius 3 is 2.48 bits per heavy atom. The Labute approximate surface area is 125 Å². The van der Waals surface area contributed by atoms with Crippen molar-refractivity contribution >= 4 is 12.0 Å². The molecule has 2 aliphatic carbocycles. The van der Waals surface area contributed by atoms with Gasteiger partial charge in [-0.05, 0) is 25.7 Å². The fourth-order valence-electron chi connectivity index (χ4n) is 2.77. The van der Waals surface area contributed by atoms with Crippen molar-refractivity contribution in [3.63, 3.8) is 0 Å². The molecule has 0 atom stereocenters. The highest BCUT2D eigenvalue weighted by molar-refractivity contribution is 5.76. The zero-order valence-electron chi connectivity index (χ0n) is 12.6. The minimum Gasteiger partial charge on any atom is -0.481 e. The molecule has 2 aliphatic rings. The van der Waals surface area contributed by atoms with Crippen LogP contribution in [-0.4, -0.2) is 53.8 Å². The number of aliphatic carboxylic acids is 1. The van der Waals surface area contributed by atoms with Crippen molar-refractivity contribution in [2.24, 2.45) is 0 Å². The van der Waals surface area contributed by atoms with Crippen LogP contribution >= 0.6 is 0 Å². The van der Waals surface area contributed by atoms with Gasteiger partial charge in [0, 0.05) is 19.1 Å². The number of ether oxygens (including phenoxy) is 1. The van der Waals surface area contributed by atoms with Crippen LogP contribution in [0.2, 0.25) is 0 Å². The molecule has 0 aromatic carbocycles. The topological polar surface area (TPSA) is 78.9 Å². The first-order valence-corrected chi connectivity index (χ1v) is 8.04. The van der Waals surface area contributed by atoms with Gasteiger partial charge in [-0.25, -0.2) is 4.79 Å². The summed E-state index contributed by atoms with van der Waals surface area (Å²) in [7, 11) is 0. The molecular formula is C15H26N2O4. The molecule has 6 heteroatoms. The Hall–Kier alpha value is -1.30. The predicted molar refractivity (Wildman–Crippen MR) is 78.2 cm³/mol. The Morgan fingerprint density at radius 1 is 1.14 bits per heavy atom. The summed E-state index contributed by atoms with van der Waals surface area (Å²) in [5.41, 5.74) is 0. The van der Waals surface area contributed by atoms with E-state index in [1.165, 1.54) is 19.3 Å². The molecule has 120 valence electrons. The molecule has 0 radical (unpaired) electrons. The van der Waals surface area contributed by atoms with E-state index in [4.69, 9.17) is 9.84 Å². The second-order valence-electron chi connectivity index (χ2n) is 5.93. The van der Waals surface area contributed by atoms with Gasteiger partial charge in [-0.3, -0.25) is 4.79 Å². The Kier molecular flexibility index (Phi) is 6.29. The number of nitrogens with one attached hydrogen (secondary N) is 1. The predicted octanol–water partition coefficient (Wildman–Crippen LogP) is 1.98. The van der Waals surface area contributed by atoms with Crippen LogP contribution < -0.4 is 5.32 Å². The van der Waals surface area contributed by atoms with Crippen molar-refractivity contribution in [3.05, 3.63) is 0 Å². The van der Waals surface area contributed by atoms with Gasteiger partial charge in [0.25, 0.3) is 0 Å². The van der Waals surface area contributed by atoms with Crippen molar-refractivity contribution in [2.75, 3.05) is 19.7 Å². The maximum absolute atomic E-state index is 12.1. The monoisotopic (exact) mass is 298 g/mol. The SMILES string of the molecule is O=C(O)CCN(C(=O)NCCOC1CCCCC1)C1CC1. The summed E-state index contributed by atoms with van der Waals surface area (Å²) in [6, 6.07) is 0.0645. The Morgan fingerprint density at radius 2 is 1.86 bits per heavy atom. The number of amides is 2. The standard InChI is InChI=1S/C15H26N2O4/c18-14(19)8-10-17(12-6-7-12)15(20)16-9-11-21-13-4-2-1-3-5-13/h12-13H,1-11H2,(H,16,20)(H,18,19). The molecule has 2 N–H and O–H groups in total. The summed E-state index contributed by atoms with van der Waals surface area (Å²) in [6.45, 7) is 1.31. The van der Waals surface area contributed by atoms with Crippen LogP contribution in [0.25, 0.3) is 0 Å². The third-order valence-corrected chi connectivity index (χ3v) is 4.10. The lowest BCUT2D eigenvalue weighted by atomic mass is 9.98. The second kappa shape index (κ2) is 8.22. The lowest BCUT2D eigenvalue weighted by Gasteiger charge is -2.24. The van der Waals surface area contributed by atoms with E-state index in [0.29, 0.717) is 19.3 Å². The van der Waals surface area contributed by atoms with Gasteiger partial charge in [0.05, 0.1) is 19.1 Å². The summed E-state index contributed by atoms with van der Waals surface area (Å²) in [5.74, 6) is -0.867. The first kappa shape index (κ1) is 16.1. The molecule has 0 aliphatic heterocycles. The number of hydrogen-bond donors (Lipinski definition) is 2. The second-order valence-corrected chi connectivity index (χ2v) is 5.93. The summed E-state index contributed by atoms with van der Waals surface area (Å²) < 4.78 is 5.76. The van der Waals surface area contributed by atoms with E-state index >= 15 is 0 Å². The van der Waals surface area contributed by atoms with Gasteiger partial charge < -0.3 is 20.1 Å². The molecule has 6 nitrogen and oxygen atoms in total. The van der Waals surface area contributed by atoms with Gasteiger partial charge in [0.15, 0.2) is 0 Å². The minimum absolute atomic E-state index is 0.00247. The summed E-state index contributed by atoms with van der Waals surface area (Å²) >= 11 is 0. The Balaban J connectivity index is 1.61. The average Bonchev–Trinajstić information content (AvgIpc) is 3.29. The zero-order valence-corrected chi connectivity index (χ0v) is 12.6. The third kappa shape index (κ3) is 5.91. The van der Waals surface area contributed by atoms with Gasteiger partial charge in [-0.1, -0.05) is 19.3 Å². The van der Waals surface area contributed by atoms with Gasteiger partial charge in [-0.2, -0.15) is 0 Å². The summed E-state index contributed by atoms with van der Waals surface area (Å²) in [5, 5.41) is 11.6. The maximum atomic E-state index is 12.1. The van der Waals surface area contributed by atoms with Crippen LogP contribution in [0, 0.1) is 0 Å². The first-order valence-electron chi connectivity index (χ1n) is 8.04. The molecule has 0 bridgehead atoms. The molecule has 2 rings (SSSR count). The number of urea groups is 1. The largest absolute Gasteiger partial charge is 0.481 e. The van der Waals surface area contributed by atoms with Gasteiger partial charge >= 0.3 is 12.0 Å². The highest BCUT2D eigenvalue weighted by Crippen LogP contribution is 2.26. The number of nitrogens with zero attached hydrogens (tertiary/aromatic N) is 1. The fraction of sp³-hybridized carbons (Fsp3) is 0.867. The molecule has 0 heterocycles. The van der Waals surface area contributed by atoms with Crippen LogP contribution in [-0.2, 0) is 9.53 Å². The van der Waals surface area contributed by atoms with E-state index in [0.717, 1.165) is 25.7 Å². The van der Waals surface area contributed by atoms with Gasteiger partial charge in [0.1, 0.15) is 0 Å². The molecular weight excluding hydrogens is 272 g/mol. The number of rotatable bonds is 8. The van der Waals surface area contributed by atoms with Crippen molar-refractivity contribution in [2.45, 2.75) is 63.5 Å². The lowest BCUT2D eigenvalue weighted by Crippen LogP contribution is -2.43. The van der Waals surface area contributed by atoms with Crippen LogP contribution in [0.15, 0.2) is 0 Å². The maximum Gasteiger partial charge on any atom is 0.317 e. The summed E-state index contributed by atoms with van der Waals surface area (Å²) in [6.07, 6.45) is 8.34. The van der Waals surface area contributed by atoms with Crippen molar-refractivity contribution < 1.29 is 19.4 Å². The third-order valence-electron chi connectivity index (χ3n) is 4.10. The number of hydrogen-bond acceptors (Lipinski definition) is 3. The number of carboxylic acid groups (broad SMARTS) is 1. The molecule has 0 aromatic heterocycles. The number of carbonyl (C=O) groups excluding carboxylic acids is 1. The average molecular weight is 298 g/mol. The number of carbonyl (C=O) groups is 2. The molecule has 2 fully saturated rings. The molecule has 0 spiro atoms. The molecule has 0 unspecified atom stereocenters. The molecule has 0 saturated heterocycles. The van der Waals surface area contributed by atoms with Crippen LogP contribution in [0.3, 0.4) is 0 Å². The minimum atomic E-state index is -0.867. The molecule has 2 amide bonds.